The molecule has 2 aromatic rings. The van der Waals surface area contributed by atoms with Crippen LogP contribution < -0.4 is 5.56 Å². The smallest absolute Gasteiger partial charge is 0.304 e. The first-order chi connectivity index (χ1) is 9.04. The summed E-state index contributed by atoms with van der Waals surface area (Å²) >= 11 is 0. The number of pyridine rings is 1. The quantitative estimate of drug-likeness (QED) is 0.607. The Kier molecular flexibility index (Phi) is 3.39. The minimum absolute atomic E-state index is 0.113. The molecule has 4 heteroatoms. The average molecular weight is 255 g/mol. The summed E-state index contributed by atoms with van der Waals surface area (Å²) < 4.78 is 6.57. The maximum atomic E-state index is 12.0. The van der Waals surface area contributed by atoms with Crippen molar-refractivity contribution in [3.8, 4) is 12.3 Å². The van der Waals surface area contributed by atoms with Crippen molar-refractivity contribution in [1.82, 2.24) is 4.57 Å². The zero-order valence-electron chi connectivity index (χ0n) is 10.7. The van der Waals surface area contributed by atoms with Crippen LogP contribution in [-0.2, 0) is 16.6 Å². The molecule has 96 valence electrons. The van der Waals surface area contributed by atoms with Crippen LogP contribution in [-0.4, -0.2) is 10.5 Å². The van der Waals surface area contributed by atoms with Gasteiger partial charge in [0.05, 0.1) is 0 Å². The van der Waals surface area contributed by atoms with E-state index < -0.39 is 12.1 Å². The number of fused-ring (bicyclic) bond motifs is 1. The van der Waals surface area contributed by atoms with Crippen LogP contribution in [0, 0.1) is 12.3 Å². The summed E-state index contributed by atoms with van der Waals surface area (Å²) in [6.07, 6.45) is 6.28. The molecule has 1 heterocycles. The molecule has 0 aliphatic rings. The summed E-state index contributed by atoms with van der Waals surface area (Å²) in [4.78, 5) is 23.1. The van der Waals surface area contributed by atoms with Gasteiger partial charge in [-0.15, -0.1) is 6.42 Å². The summed E-state index contributed by atoms with van der Waals surface area (Å²) in [7, 11) is 1.68. The maximum Gasteiger partial charge on any atom is 0.304 e. The molecule has 0 radical (unpaired) electrons. The third-order valence-corrected chi connectivity index (χ3v) is 2.87. The Morgan fingerprint density at radius 2 is 2.11 bits per heavy atom. The highest BCUT2D eigenvalue weighted by atomic mass is 16.5. The van der Waals surface area contributed by atoms with Crippen molar-refractivity contribution in [1.29, 1.82) is 0 Å². The zero-order chi connectivity index (χ0) is 14.0. The van der Waals surface area contributed by atoms with Gasteiger partial charge in [-0.3, -0.25) is 9.59 Å². The average Bonchev–Trinajstić information content (AvgIpc) is 2.39. The summed E-state index contributed by atoms with van der Waals surface area (Å²) in [5.41, 5.74) is 0.533. The molecule has 0 amide bonds. The van der Waals surface area contributed by atoms with Crippen molar-refractivity contribution < 1.29 is 9.53 Å². The van der Waals surface area contributed by atoms with Crippen molar-refractivity contribution in [2.75, 3.05) is 0 Å². The Morgan fingerprint density at radius 3 is 2.74 bits per heavy atom. The van der Waals surface area contributed by atoms with Gasteiger partial charge in [-0.1, -0.05) is 18.1 Å². The van der Waals surface area contributed by atoms with E-state index in [1.165, 1.54) is 11.5 Å². The number of hydrogen-bond donors (Lipinski definition) is 0. The SMILES string of the molecule is C#CC(OC(C)=O)c1cccc2c(=O)n(C)ccc12. The number of carbonyl (C=O) groups excluding carboxylic acids is 1. The third-order valence-electron chi connectivity index (χ3n) is 2.87. The lowest BCUT2D eigenvalue weighted by molar-refractivity contribution is -0.143. The molecule has 2 rings (SSSR count). The molecule has 1 aromatic carbocycles. The zero-order valence-corrected chi connectivity index (χ0v) is 10.7. The van der Waals surface area contributed by atoms with Crippen LogP contribution in [0.5, 0.6) is 0 Å². The number of aryl methyl sites for hydroxylation is 1. The molecule has 0 saturated heterocycles. The van der Waals surface area contributed by atoms with Crippen LogP contribution in [0.4, 0.5) is 0 Å². The van der Waals surface area contributed by atoms with Crippen molar-refractivity contribution in [2.24, 2.45) is 7.05 Å². The topological polar surface area (TPSA) is 48.3 Å². The number of rotatable bonds is 2. The fourth-order valence-electron chi connectivity index (χ4n) is 1.98. The molecule has 0 saturated carbocycles. The van der Waals surface area contributed by atoms with Gasteiger partial charge in [0, 0.05) is 31.1 Å². The molecule has 0 bridgehead atoms. The predicted octanol–water partition coefficient (Wildman–Crippen LogP) is 1.78. The second kappa shape index (κ2) is 4.99. The lowest BCUT2D eigenvalue weighted by atomic mass is 10.0. The van der Waals surface area contributed by atoms with Gasteiger partial charge in [0.1, 0.15) is 0 Å². The van der Waals surface area contributed by atoms with Gasteiger partial charge in [0.25, 0.3) is 5.56 Å². The van der Waals surface area contributed by atoms with E-state index in [0.717, 1.165) is 0 Å². The fourth-order valence-corrected chi connectivity index (χ4v) is 1.98. The van der Waals surface area contributed by atoms with Gasteiger partial charge in [-0.25, -0.2) is 0 Å². The van der Waals surface area contributed by atoms with Crippen molar-refractivity contribution in [3.63, 3.8) is 0 Å². The number of nitrogens with zero attached hydrogens (tertiary/aromatic N) is 1. The van der Waals surface area contributed by atoms with E-state index in [-0.39, 0.29) is 5.56 Å². The van der Waals surface area contributed by atoms with Crippen LogP contribution in [0.1, 0.15) is 18.6 Å². The summed E-state index contributed by atoms with van der Waals surface area (Å²) in [5.74, 6) is 1.97. The first kappa shape index (κ1) is 12.9. The van der Waals surface area contributed by atoms with E-state index in [9.17, 15) is 9.59 Å². The highest BCUT2D eigenvalue weighted by Crippen LogP contribution is 2.24. The number of esters is 1. The first-order valence-corrected chi connectivity index (χ1v) is 5.76. The van der Waals surface area contributed by atoms with E-state index in [1.54, 1.807) is 37.5 Å². The van der Waals surface area contributed by atoms with E-state index in [1.807, 2.05) is 0 Å². The van der Waals surface area contributed by atoms with Crippen LogP contribution in [0.25, 0.3) is 10.8 Å². The monoisotopic (exact) mass is 255 g/mol. The highest BCUT2D eigenvalue weighted by Gasteiger charge is 2.15. The molecular formula is C15H13NO3. The number of benzene rings is 1. The number of terminal acetylenes is 1. The Morgan fingerprint density at radius 1 is 1.37 bits per heavy atom. The minimum atomic E-state index is -0.784. The summed E-state index contributed by atoms with van der Waals surface area (Å²) in [6, 6.07) is 7.00. The van der Waals surface area contributed by atoms with Gasteiger partial charge >= 0.3 is 5.97 Å². The molecular weight excluding hydrogens is 242 g/mol. The van der Waals surface area contributed by atoms with Gasteiger partial charge in [-0.2, -0.15) is 0 Å². The maximum absolute atomic E-state index is 12.0. The third kappa shape index (κ3) is 2.36. The summed E-state index contributed by atoms with van der Waals surface area (Å²) in [5, 5.41) is 1.25. The first-order valence-electron chi connectivity index (χ1n) is 5.76. The molecule has 0 aliphatic carbocycles. The molecule has 0 N–H and O–H groups in total. The van der Waals surface area contributed by atoms with Gasteiger partial charge < -0.3 is 9.30 Å². The van der Waals surface area contributed by atoms with Crippen LogP contribution in [0.2, 0.25) is 0 Å². The minimum Gasteiger partial charge on any atom is -0.444 e. The number of hydrogen-bond acceptors (Lipinski definition) is 3. The molecule has 1 aromatic heterocycles. The van der Waals surface area contributed by atoms with Gasteiger partial charge in [-0.05, 0) is 17.5 Å². The summed E-state index contributed by atoms with van der Waals surface area (Å²) in [6.45, 7) is 1.30. The van der Waals surface area contributed by atoms with Crippen molar-refractivity contribution >= 4 is 16.7 Å². The Bertz CT molecular complexity index is 737. The second-order valence-corrected chi connectivity index (χ2v) is 4.20. The second-order valence-electron chi connectivity index (χ2n) is 4.20. The molecule has 0 spiro atoms. The standard InChI is InChI=1S/C15H13NO3/c1-4-14(19-10(2)17)12-6-5-7-13-11(12)8-9-16(3)15(13)18/h1,5-9,14H,2-3H3. The van der Waals surface area contributed by atoms with Crippen LogP contribution in [0.3, 0.4) is 0 Å². The highest BCUT2D eigenvalue weighted by molar-refractivity contribution is 5.85. The van der Waals surface area contributed by atoms with E-state index >= 15 is 0 Å². The fraction of sp³-hybridized carbons (Fsp3) is 0.200. The van der Waals surface area contributed by atoms with Gasteiger partial charge in [0.15, 0.2) is 6.10 Å². The van der Waals surface area contributed by atoms with Crippen LogP contribution in [0.15, 0.2) is 35.3 Å². The van der Waals surface area contributed by atoms with E-state index in [2.05, 4.69) is 5.92 Å². The van der Waals surface area contributed by atoms with Crippen LogP contribution >= 0.6 is 0 Å². The molecule has 19 heavy (non-hydrogen) atoms. The molecule has 0 fully saturated rings. The van der Waals surface area contributed by atoms with Gasteiger partial charge in [0.2, 0.25) is 0 Å². The number of ether oxygens (including phenoxy) is 1. The molecule has 1 atom stereocenters. The lowest BCUT2D eigenvalue weighted by Crippen LogP contribution is -2.16. The molecule has 1 unspecified atom stereocenters. The number of aromatic nitrogens is 1. The molecule has 4 nitrogen and oxygen atoms in total. The van der Waals surface area contributed by atoms with Crippen molar-refractivity contribution in [3.05, 3.63) is 46.4 Å². The van der Waals surface area contributed by atoms with E-state index in [4.69, 9.17) is 11.2 Å². The normalized spacial score (nSPS) is 11.8. The predicted molar refractivity (Wildman–Crippen MR) is 72.5 cm³/mol. The Labute approximate surface area is 110 Å². The Balaban J connectivity index is 2.68. The largest absolute Gasteiger partial charge is 0.444 e. The molecule has 0 aliphatic heterocycles. The number of carbonyl (C=O) groups is 1. The Hall–Kier alpha value is -2.54. The van der Waals surface area contributed by atoms with E-state index in [0.29, 0.717) is 16.3 Å². The lowest BCUT2D eigenvalue weighted by Gasteiger charge is -2.14. The van der Waals surface area contributed by atoms with Crippen molar-refractivity contribution in [2.45, 2.75) is 13.0 Å².